The third kappa shape index (κ3) is 5.37. The van der Waals surface area contributed by atoms with Crippen molar-refractivity contribution in [2.75, 3.05) is 38.7 Å². The number of fused-ring (bicyclic) bond motifs is 1. The molecule has 0 saturated carbocycles. The Bertz CT molecular complexity index is 765. The minimum atomic E-state index is -0.113. The van der Waals surface area contributed by atoms with Gasteiger partial charge < -0.3 is 19.5 Å². The lowest BCUT2D eigenvalue weighted by atomic mass is 10.2. The van der Waals surface area contributed by atoms with Gasteiger partial charge in [0, 0.05) is 6.54 Å². The number of hydrogen-bond donors (Lipinski definition) is 1. The Kier molecular flexibility index (Phi) is 6.54. The molecule has 1 aliphatic heterocycles. The molecule has 0 aliphatic carbocycles. The monoisotopic (exact) mass is 370 g/mol. The van der Waals surface area contributed by atoms with E-state index in [1.54, 1.807) is 0 Å². The van der Waals surface area contributed by atoms with Crippen LogP contribution < -0.4 is 19.5 Å². The van der Waals surface area contributed by atoms with Crippen LogP contribution in [0.25, 0.3) is 0 Å². The number of nitrogens with one attached hydrogen (secondary N) is 1. The van der Waals surface area contributed by atoms with Gasteiger partial charge in [-0.1, -0.05) is 31.2 Å². The summed E-state index contributed by atoms with van der Waals surface area (Å²) in [6.45, 7) is 3.98. The van der Waals surface area contributed by atoms with Gasteiger partial charge >= 0.3 is 0 Å². The SMILES string of the molecule is CCCOc1ccccc1NC(=O)CN(C)CC1COc2ccccc2O1. The maximum Gasteiger partial charge on any atom is 0.238 e. The van der Waals surface area contributed by atoms with Crippen LogP contribution >= 0.6 is 0 Å². The van der Waals surface area contributed by atoms with Crippen molar-refractivity contribution in [3.05, 3.63) is 48.5 Å². The Hall–Kier alpha value is -2.73. The number of rotatable bonds is 8. The molecule has 1 heterocycles. The van der Waals surface area contributed by atoms with Crippen LogP contribution in [0.5, 0.6) is 17.2 Å². The Morgan fingerprint density at radius 3 is 2.74 bits per heavy atom. The van der Waals surface area contributed by atoms with Crippen LogP contribution in [0, 0.1) is 0 Å². The van der Waals surface area contributed by atoms with Gasteiger partial charge in [-0.25, -0.2) is 0 Å². The van der Waals surface area contributed by atoms with E-state index in [1.165, 1.54) is 0 Å². The van der Waals surface area contributed by atoms with Gasteiger partial charge in [0.15, 0.2) is 11.5 Å². The van der Waals surface area contributed by atoms with Crippen molar-refractivity contribution < 1.29 is 19.0 Å². The van der Waals surface area contributed by atoms with E-state index in [9.17, 15) is 4.79 Å². The van der Waals surface area contributed by atoms with E-state index in [4.69, 9.17) is 14.2 Å². The van der Waals surface area contributed by atoms with E-state index in [1.807, 2.05) is 67.4 Å². The Balaban J connectivity index is 1.50. The number of anilines is 1. The fourth-order valence-corrected chi connectivity index (χ4v) is 2.91. The summed E-state index contributed by atoms with van der Waals surface area (Å²) in [5, 5.41) is 2.93. The van der Waals surface area contributed by atoms with Crippen molar-refractivity contribution in [3.8, 4) is 17.2 Å². The van der Waals surface area contributed by atoms with E-state index in [2.05, 4.69) is 5.32 Å². The van der Waals surface area contributed by atoms with Crippen LogP contribution in [0.15, 0.2) is 48.5 Å². The molecule has 0 bridgehead atoms. The summed E-state index contributed by atoms with van der Waals surface area (Å²) in [7, 11) is 1.89. The number of carbonyl (C=O) groups is 1. The van der Waals surface area contributed by atoms with E-state index in [-0.39, 0.29) is 18.6 Å². The summed E-state index contributed by atoms with van der Waals surface area (Å²) >= 11 is 0. The van der Waals surface area contributed by atoms with Gasteiger partial charge in [-0.05, 0) is 37.7 Å². The molecule has 27 heavy (non-hydrogen) atoms. The highest BCUT2D eigenvalue weighted by molar-refractivity contribution is 5.93. The largest absolute Gasteiger partial charge is 0.491 e. The van der Waals surface area contributed by atoms with Crippen molar-refractivity contribution in [1.29, 1.82) is 0 Å². The first kappa shape index (κ1) is 19.0. The van der Waals surface area contributed by atoms with E-state index in [0.29, 0.717) is 31.2 Å². The molecule has 2 aromatic carbocycles. The number of hydrogen-bond acceptors (Lipinski definition) is 5. The third-order valence-electron chi connectivity index (χ3n) is 4.12. The van der Waals surface area contributed by atoms with Crippen LogP contribution in [-0.2, 0) is 4.79 Å². The fraction of sp³-hybridized carbons (Fsp3) is 0.381. The minimum Gasteiger partial charge on any atom is -0.491 e. The predicted octanol–water partition coefficient (Wildman–Crippen LogP) is 3.19. The molecule has 1 amide bonds. The maximum atomic E-state index is 12.4. The lowest BCUT2D eigenvalue weighted by Crippen LogP contribution is -2.42. The molecular weight excluding hydrogens is 344 g/mol. The van der Waals surface area contributed by atoms with Gasteiger partial charge in [0.05, 0.1) is 18.8 Å². The van der Waals surface area contributed by atoms with Crippen LogP contribution in [0.4, 0.5) is 5.69 Å². The quantitative estimate of drug-likeness (QED) is 0.773. The minimum absolute atomic E-state index is 0.0952. The van der Waals surface area contributed by atoms with E-state index in [0.717, 1.165) is 17.9 Å². The van der Waals surface area contributed by atoms with Crippen LogP contribution in [-0.4, -0.2) is 50.3 Å². The molecule has 1 N–H and O–H groups in total. The summed E-state index contributed by atoms with van der Waals surface area (Å²) in [4.78, 5) is 14.3. The lowest BCUT2D eigenvalue weighted by molar-refractivity contribution is -0.117. The van der Waals surface area contributed by atoms with Crippen molar-refractivity contribution in [2.45, 2.75) is 19.4 Å². The maximum absolute atomic E-state index is 12.4. The number of likely N-dealkylation sites (N-methyl/N-ethyl adjacent to an activating group) is 1. The third-order valence-corrected chi connectivity index (χ3v) is 4.12. The summed E-state index contributed by atoms with van der Waals surface area (Å²) in [5.41, 5.74) is 0.690. The zero-order valence-electron chi connectivity index (χ0n) is 15.8. The average molecular weight is 370 g/mol. The molecule has 0 fully saturated rings. The predicted molar refractivity (Wildman–Crippen MR) is 105 cm³/mol. The molecule has 6 heteroatoms. The standard InChI is InChI=1S/C21H26N2O4/c1-3-12-25-18-9-5-4-8-17(18)22-21(24)14-23(2)13-16-15-26-19-10-6-7-11-20(19)27-16/h4-11,16H,3,12-15H2,1-2H3,(H,22,24). The van der Waals surface area contributed by atoms with Crippen molar-refractivity contribution in [2.24, 2.45) is 0 Å². The Morgan fingerprint density at radius 2 is 1.93 bits per heavy atom. The zero-order chi connectivity index (χ0) is 19.1. The smallest absolute Gasteiger partial charge is 0.238 e. The Labute approximate surface area is 160 Å². The van der Waals surface area contributed by atoms with Gasteiger partial charge in [-0.2, -0.15) is 0 Å². The second kappa shape index (κ2) is 9.28. The molecule has 6 nitrogen and oxygen atoms in total. The molecule has 1 unspecified atom stereocenters. The van der Waals surface area contributed by atoms with Crippen LogP contribution in [0.1, 0.15) is 13.3 Å². The number of amides is 1. The number of carbonyl (C=O) groups excluding carboxylic acids is 1. The van der Waals surface area contributed by atoms with Crippen LogP contribution in [0.3, 0.4) is 0 Å². The zero-order valence-corrected chi connectivity index (χ0v) is 15.8. The number of nitrogens with zero attached hydrogens (tertiary/aromatic N) is 1. The first-order valence-electron chi connectivity index (χ1n) is 9.24. The molecular formula is C21H26N2O4. The van der Waals surface area contributed by atoms with Crippen molar-refractivity contribution in [3.63, 3.8) is 0 Å². The van der Waals surface area contributed by atoms with Crippen molar-refractivity contribution in [1.82, 2.24) is 4.90 Å². The van der Waals surface area contributed by atoms with Crippen LogP contribution in [0.2, 0.25) is 0 Å². The molecule has 1 aliphatic rings. The van der Waals surface area contributed by atoms with Gasteiger partial charge in [0.1, 0.15) is 18.5 Å². The van der Waals surface area contributed by atoms with E-state index < -0.39 is 0 Å². The molecule has 0 spiro atoms. The fourth-order valence-electron chi connectivity index (χ4n) is 2.91. The van der Waals surface area contributed by atoms with Gasteiger partial charge in [0.2, 0.25) is 5.91 Å². The molecule has 1 atom stereocenters. The second-order valence-electron chi connectivity index (χ2n) is 6.59. The van der Waals surface area contributed by atoms with Gasteiger partial charge in [-0.15, -0.1) is 0 Å². The Morgan fingerprint density at radius 1 is 1.19 bits per heavy atom. The first-order valence-corrected chi connectivity index (χ1v) is 9.24. The lowest BCUT2D eigenvalue weighted by Gasteiger charge is -2.29. The van der Waals surface area contributed by atoms with Gasteiger partial charge in [0.25, 0.3) is 0 Å². The highest BCUT2D eigenvalue weighted by atomic mass is 16.6. The molecule has 0 aromatic heterocycles. The van der Waals surface area contributed by atoms with Crippen molar-refractivity contribution >= 4 is 11.6 Å². The summed E-state index contributed by atoms with van der Waals surface area (Å²) in [5.74, 6) is 2.10. The number of benzene rings is 2. The molecule has 2 aromatic rings. The number of para-hydroxylation sites is 4. The molecule has 3 rings (SSSR count). The number of ether oxygens (including phenoxy) is 3. The topological polar surface area (TPSA) is 60.0 Å². The van der Waals surface area contributed by atoms with E-state index >= 15 is 0 Å². The first-order chi connectivity index (χ1) is 13.2. The molecule has 144 valence electrons. The molecule has 0 radical (unpaired) electrons. The normalized spacial score (nSPS) is 15.4. The second-order valence-corrected chi connectivity index (χ2v) is 6.59. The highest BCUT2D eigenvalue weighted by Gasteiger charge is 2.22. The summed E-state index contributed by atoms with van der Waals surface area (Å²) in [6.07, 6.45) is 0.801. The van der Waals surface area contributed by atoms with Gasteiger partial charge in [-0.3, -0.25) is 9.69 Å². The summed E-state index contributed by atoms with van der Waals surface area (Å²) in [6, 6.07) is 15.1. The molecule has 0 saturated heterocycles. The summed E-state index contributed by atoms with van der Waals surface area (Å²) < 4.78 is 17.4. The average Bonchev–Trinajstić information content (AvgIpc) is 2.67. The highest BCUT2D eigenvalue weighted by Crippen LogP contribution is 2.31.